The van der Waals surface area contributed by atoms with Crippen molar-refractivity contribution in [3.8, 4) is 0 Å². The fourth-order valence-electron chi connectivity index (χ4n) is 4.89. The van der Waals surface area contributed by atoms with Gasteiger partial charge in [-0.15, -0.1) is 0 Å². The molecular weight excluding hydrogens is 312 g/mol. The van der Waals surface area contributed by atoms with Crippen LogP contribution in [0.1, 0.15) is 44.9 Å². The number of aliphatic hydroxyl groups excluding tert-OH is 1. The first-order chi connectivity index (χ1) is 10.7. The molecule has 0 saturated heterocycles. The van der Waals surface area contributed by atoms with Gasteiger partial charge in [0, 0.05) is 6.61 Å². The Morgan fingerprint density at radius 3 is 2.30 bits per heavy atom. The predicted octanol–water partition coefficient (Wildman–Crippen LogP) is 6.16. The third-order valence-electron chi connectivity index (χ3n) is 5.75. The van der Waals surface area contributed by atoms with E-state index in [-0.39, 0.29) is 0 Å². The summed E-state index contributed by atoms with van der Waals surface area (Å²) in [5, 5.41) is 11.0. The van der Waals surface area contributed by atoms with E-state index in [2.05, 4.69) is 45.4 Å². The van der Waals surface area contributed by atoms with Crippen molar-refractivity contribution in [1.29, 1.82) is 0 Å². The fourth-order valence-corrected chi connectivity index (χ4v) is 9.70. The molecule has 0 bridgehead atoms. The molecule has 0 spiro atoms. The van der Waals surface area contributed by atoms with Gasteiger partial charge in [0.25, 0.3) is 0 Å². The van der Waals surface area contributed by atoms with Crippen molar-refractivity contribution in [3.63, 3.8) is 0 Å². The number of hydrogen-bond acceptors (Lipinski definition) is 1. The first-order valence-electron chi connectivity index (χ1n) is 9.71. The summed E-state index contributed by atoms with van der Waals surface area (Å²) >= 11 is 0. The number of allylic oxidation sites excluding steroid dienone is 4. The maximum atomic E-state index is 9.18. The highest BCUT2D eigenvalue weighted by Gasteiger charge is 2.42. The second-order valence-electron chi connectivity index (χ2n) is 9.78. The minimum atomic E-state index is -1.27. The van der Waals surface area contributed by atoms with Gasteiger partial charge in [0.15, 0.2) is 0 Å². The lowest BCUT2D eigenvalue weighted by Gasteiger charge is -2.46. The molecule has 2 aliphatic rings. The third kappa shape index (κ3) is 4.49. The number of fused-ring (bicyclic) bond motifs is 1. The van der Waals surface area contributed by atoms with Gasteiger partial charge >= 0.3 is 0 Å². The Labute approximate surface area is 146 Å². The van der Waals surface area contributed by atoms with E-state index in [1.807, 2.05) is 5.57 Å². The van der Waals surface area contributed by atoms with Crippen LogP contribution in [0.4, 0.5) is 0 Å². The van der Waals surface area contributed by atoms with Crippen LogP contribution in [0, 0.1) is 5.92 Å². The second kappa shape index (κ2) is 7.41. The van der Waals surface area contributed by atoms with Gasteiger partial charge in [-0.1, -0.05) is 68.1 Å². The molecule has 2 atom stereocenters. The second-order valence-corrected chi connectivity index (χ2v) is 20.2. The molecule has 1 N–H and O–H groups in total. The van der Waals surface area contributed by atoms with Crippen molar-refractivity contribution >= 4 is 16.1 Å². The van der Waals surface area contributed by atoms with E-state index in [1.165, 1.54) is 32.1 Å². The van der Waals surface area contributed by atoms with E-state index in [0.717, 1.165) is 24.3 Å². The molecule has 0 aliphatic heterocycles. The zero-order chi connectivity index (χ0) is 17.3. The molecule has 132 valence electrons. The Hall–Kier alpha value is -0.126. The maximum absolute atomic E-state index is 9.18. The van der Waals surface area contributed by atoms with E-state index >= 15 is 0 Å². The molecule has 0 radical (unpaired) electrons. The molecule has 2 unspecified atom stereocenters. The van der Waals surface area contributed by atoms with Crippen LogP contribution in [0.3, 0.4) is 0 Å². The molecule has 0 aromatic heterocycles. The Bertz CT molecular complexity index is 477. The molecule has 0 aromatic carbocycles. The van der Waals surface area contributed by atoms with Crippen LogP contribution >= 0.6 is 0 Å². The van der Waals surface area contributed by atoms with Crippen molar-refractivity contribution in [2.45, 2.75) is 89.8 Å². The highest BCUT2D eigenvalue weighted by Crippen LogP contribution is 2.52. The van der Waals surface area contributed by atoms with E-state index in [0.29, 0.717) is 6.61 Å². The summed E-state index contributed by atoms with van der Waals surface area (Å²) in [6.45, 7) is 15.6. The zero-order valence-electron chi connectivity index (χ0n) is 16.3. The Morgan fingerprint density at radius 1 is 1.04 bits per heavy atom. The van der Waals surface area contributed by atoms with Gasteiger partial charge in [0.1, 0.15) is 0 Å². The van der Waals surface area contributed by atoms with Crippen LogP contribution in [0.2, 0.25) is 44.8 Å². The summed E-state index contributed by atoms with van der Waals surface area (Å²) in [6, 6.07) is 0. The van der Waals surface area contributed by atoms with E-state index in [4.69, 9.17) is 0 Å². The summed E-state index contributed by atoms with van der Waals surface area (Å²) in [7, 11) is -2.50. The first kappa shape index (κ1) is 19.2. The molecule has 23 heavy (non-hydrogen) atoms. The summed E-state index contributed by atoms with van der Waals surface area (Å²) < 4.78 is 0. The normalized spacial score (nSPS) is 26.1. The highest BCUT2D eigenvalue weighted by atomic mass is 28.3. The predicted molar refractivity (Wildman–Crippen MR) is 108 cm³/mol. The van der Waals surface area contributed by atoms with Crippen molar-refractivity contribution < 1.29 is 5.11 Å². The SMILES string of the molecule is C[Si](C)(C)C1=C2CCCCC2C([Si](C)(C)C)C(CCCCO)=C1. The third-order valence-corrected chi connectivity index (χ3v) is 10.5. The molecule has 1 fully saturated rings. The van der Waals surface area contributed by atoms with Crippen LogP contribution in [0.15, 0.2) is 22.4 Å². The van der Waals surface area contributed by atoms with Crippen LogP contribution in [0.25, 0.3) is 0 Å². The molecule has 0 aromatic rings. The molecule has 2 rings (SSSR count). The summed E-state index contributed by atoms with van der Waals surface area (Å²) in [5.74, 6) is 0.853. The lowest BCUT2D eigenvalue weighted by molar-refractivity contribution is 0.284. The minimum Gasteiger partial charge on any atom is -0.396 e. The lowest BCUT2D eigenvalue weighted by Crippen LogP contribution is -2.40. The smallest absolute Gasteiger partial charge is 0.0775 e. The average molecular weight is 351 g/mol. The van der Waals surface area contributed by atoms with Crippen molar-refractivity contribution in [1.82, 2.24) is 0 Å². The first-order valence-corrected chi connectivity index (χ1v) is 16.8. The molecule has 0 amide bonds. The number of rotatable bonds is 6. The molecule has 0 heterocycles. The van der Waals surface area contributed by atoms with Crippen LogP contribution < -0.4 is 0 Å². The van der Waals surface area contributed by atoms with Gasteiger partial charge in [-0.3, -0.25) is 0 Å². The van der Waals surface area contributed by atoms with Gasteiger partial charge in [-0.05, 0) is 50.0 Å². The number of aliphatic hydroxyl groups is 1. The monoisotopic (exact) mass is 350 g/mol. The quantitative estimate of drug-likeness (QED) is 0.449. The Balaban J connectivity index is 2.44. The van der Waals surface area contributed by atoms with Crippen LogP contribution in [-0.2, 0) is 0 Å². The van der Waals surface area contributed by atoms with Crippen molar-refractivity contribution in [2.75, 3.05) is 6.61 Å². The number of hydrogen-bond donors (Lipinski definition) is 1. The zero-order valence-corrected chi connectivity index (χ0v) is 18.3. The molecule has 3 heteroatoms. The summed E-state index contributed by atoms with van der Waals surface area (Å²) in [5.41, 5.74) is 4.47. The van der Waals surface area contributed by atoms with Crippen molar-refractivity contribution in [2.24, 2.45) is 5.92 Å². The van der Waals surface area contributed by atoms with Crippen LogP contribution in [0.5, 0.6) is 0 Å². The Kier molecular flexibility index (Phi) is 6.18. The van der Waals surface area contributed by atoms with Gasteiger partial charge in [0.2, 0.25) is 0 Å². The number of unbranched alkanes of at least 4 members (excludes halogenated alkanes) is 1. The topological polar surface area (TPSA) is 20.2 Å². The van der Waals surface area contributed by atoms with E-state index < -0.39 is 16.1 Å². The molecule has 1 saturated carbocycles. The Morgan fingerprint density at radius 2 is 1.74 bits per heavy atom. The summed E-state index contributed by atoms with van der Waals surface area (Å²) in [4.78, 5) is 0. The molecular formula is C20H38OSi2. The standard InChI is InChI=1S/C20H38OSi2/c1-22(2,3)19-15-16(11-9-10-14-21)20(23(4,5)6)18-13-8-7-12-17(18)19/h15,18,20-21H,7-14H2,1-6H3. The molecule has 2 aliphatic carbocycles. The highest BCUT2D eigenvalue weighted by molar-refractivity contribution is 6.84. The largest absolute Gasteiger partial charge is 0.396 e. The van der Waals surface area contributed by atoms with Gasteiger partial charge in [0.05, 0.1) is 16.1 Å². The van der Waals surface area contributed by atoms with Gasteiger partial charge in [-0.25, -0.2) is 0 Å². The van der Waals surface area contributed by atoms with E-state index in [9.17, 15) is 5.11 Å². The fraction of sp³-hybridized carbons (Fsp3) is 0.800. The van der Waals surface area contributed by atoms with Crippen molar-refractivity contribution in [3.05, 3.63) is 22.4 Å². The molecule has 1 nitrogen and oxygen atoms in total. The lowest BCUT2D eigenvalue weighted by atomic mass is 9.76. The minimum absolute atomic E-state index is 0.344. The van der Waals surface area contributed by atoms with Gasteiger partial charge in [-0.2, -0.15) is 0 Å². The summed E-state index contributed by atoms with van der Waals surface area (Å²) in [6.07, 6.45) is 11.6. The average Bonchev–Trinajstić information content (AvgIpc) is 2.44. The van der Waals surface area contributed by atoms with Crippen LogP contribution in [-0.4, -0.2) is 27.9 Å². The maximum Gasteiger partial charge on any atom is 0.0775 e. The van der Waals surface area contributed by atoms with Gasteiger partial charge < -0.3 is 5.11 Å². The van der Waals surface area contributed by atoms with E-state index in [1.54, 1.807) is 10.8 Å².